The van der Waals surface area contributed by atoms with Crippen molar-refractivity contribution in [2.45, 2.75) is 18.3 Å². The average molecular weight is 459 g/mol. The maximum atomic E-state index is 12.8. The molecule has 6 nitrogen and oxygen atoms in total. The van der Waals surface area contributed by atoms with Gasteiger partial charge in [0, 0.05) is 28.8 Å². The molecule has 0 unspecified atom stereocenters. The number of amides is 1. The molecule has 164 valence electrons. The predicted molar refractivity (Wildman–Crippen MR) is 127 cm³/mol. The number of hydrogen-bond acceptors (Lipinski definition) is 5. The molecule has 0 atom stereocenters. The van der Waals surface area contributed by atoms with Crippen LogP contribution in [0.3, 0.4) is 0 Å². The van der Waals surface area contributed by atoms with Crippen molar-refractivity contribution in [3.8, 4) is 11.1 Å². The van der Waals surface area contributed by atoms with Crippen LogP contribution in [0.1, 0.15) is 29.7 Å². The molecule has 2 aliphatic rings. The number of fused-ring (bicyclic) bond motifs is 2. The van der Waals surface area contributed by atoms with Crippen molar-refractivity contribution in [1.82, 2.24) is 4.98 Å². The van der Waals surface area contributed by atoms with Gasteiger partial charge in [0.1, 0.15) is 5.52 Å². The molecule has 33 heavy (non-hydrogen) atoms. The third-order valence-corrected chi connectivity index (χ3v) is 6.89. The van der Waals surface area contributed by atoms with E-state index in [1.807, 2.05) is 24.3 Å². The van der Waals surface area contributed by atoms with E-state index in [1.165, 1.54) is 0 Å². The zero-order chi connectivity index (χ0) is 22.7. The number of rotatable bonds is 4. The topological polar surface area (TPSA) is 95.6 Å². The van der Waals surface area contributed by atoms with Crippen LogP contribution in [0.2, 0.25) is 5.02 Å². The van der Waals surface area contributed by atoms with Gasteiger partial charge in [0.15, 0.2) is 17.1 Å². The molecular formula is C26H19ClN2O4. The van der Waals surface area contributed by atoms with Crippen LogP contribution < -0.4 is 5.32 Å². The number of pyridine rings is 1. The summed E-state index contributed by atoms with van der Waals surface area (Å²) >= 11 is 6.56. The quantitative estimate of drug-likeness (QED) is 0.275. The van der Waals surface area contributed by atoms with Crippen LogP contribution in [0.15, 0.2) is 65.2 Å². The first-order chi connectivity index (χ1) is 16.0. The lowest BCUT2D eigenvalue weighted by molar-refractivity contribution is -0.110. The van der Waals surface area contributed by atoms with E-state index in [-0.39, 0.29) is 29.1 Å². The maximum Gasteiger partial charge on any atom is 0.260 e. The summed E-state index contributed by atoms with van der Waals surface area (Å²) in [5.41, 5.74) is 4.92. The van der Waals surface area contributed by atoms with Gasteiger partial charge in [-0.25, -0.2) is 0 Å². The Labute approximate surface area is 194 Å². The van der Waals surface area contributed by atoms with Gasteiger partial charge in [-0.1, -0.05) is 35.9 Å². The Kier molecular flexibility index (Phi) is 4.37. The number of furan rings is 1. The molecule has 2 aromatic heterocycles. The Morgan fingerprint density at radius 3 is 2.61 bits per heavy atom. The first kappa shape index (κ1) is 20.0. The summed E-state index contributed by atoms with van der Waals surface area (Å²) in [5.74, 6) is -0.522. The normalized spacial score (nSPS) is 17.7. The van der Waals surface area contributed by atoms with Crippen molar-refractivity contribution in [2.75, 3.05) is 11.9 Å². The summed E-state index contributed by atoms with van der Waals surface area (Å²) in [6.45, 7) is 0.143. The number of nitrogens with zero attached hydrogens (tertiary/aromatic N) is 1. The van der Waals surface area contributed by atoms with Gasteiger partial charge >= 0.3 is 0 Å². The highest BCUT2D eigenvalue weighted by Gasteiger charge is 2.43. The third-order valence-electron chi connectivity index (χ3n) is 6.57. The molecule has 0 bridgehead atoms. The number of benzene rings is 2. The Morgan fingerprint density at radius 1 is 1.12 bits per heavy atom. The molecule has 3 N–H and O–H groups in total. The molecule has 2 aromatic carbocycles. The predicted octanol–water partition coefficient (Wildman–Crippen LogP) is 5.55. The van der Waals surface area contributed by atoms with Crippen LogP contribution in [-0.2, 0) is 10.2 Å². The molecule has 1 fully saturated rings. The van der Waals surface area contributed by atoms with Gasteiger partial charge in [-0.05, 0) is 48.2 Å². The number of hydrogen-bond donors (Lipinski definition) is 3. The Bertz CT molecular complexity index is 1430. The minimum absolute atomic E-state index is 0.111. The summed E-state index contributed by atoms with van der Waals surface area (Å²) in [4.78, 5) is 17.0. The SMILES string of the molecule is O=C1Nc2cc(Cl)c(-c3ccc(C4(CO)CC4)cc3)cc2C1=C(O)c1cc2ncccc2o1. The molecule has 1 aliphatic heterocycles. The highest BCUT2D eigenvalue weighted by atomic mass is 35.5. The number of aliphatic hydroxyl groups excluding tert-OH is 2. The standard InChI is InChI=1S/C26H19ClN2O4/c27-18-11-19-17(10-16(18)14-3-5-15(6-4-14)26(13-30)7-8-26)23(25(32)29-19)24(31)22-12-20-21(33-22)2-1-9-28-20/h1-6,9-12,30-31H,7-8,13H2,(H,29,32). The van der Waals surface area contributed by atoms with Crippen molar-refractivity contribution in [3.63, 3.8) is 0 Å². The number of aliphatic hydroxyl groups is 2. The number of carbonyl (C=O) groups is 1. The van der Waals surface area contributed by atoms with Crippen LogP contribution in [0.5, 0.6) is 0 Å². The fourth-order valence-electron chi connectivity index (χ4n) is 4.45. The van der Waals surface area contributed by atoms with E-state index in [1.54, 1.807) is 36.5 Å². The minimum atomic E-state index is -0.432. The van der Waals surface area contributed by atoms with Crippen LogP contribution in [0.25, 0.3) is 33.6 Å². The third kappa shape index (κ3) is 3.14. The second kappa shape index (κ2) is 7.20. The van der Waals surface area contributed by atoms with Crippen molar-refractivity contribution >= 4 is 45.6 Å². The van der Waals surface area contributed by atoms with Gasteiger partial charge < -0.3 is 19.9 Å². The summed E-state index contributed by atoms with van der Waals surface area (Å²) < 4.78 is 5.71. The van der Waals surface area contributed by atoms with Gasteiger partial charge in [0.2, 0.25) is 0 Å². The van der Waals surface area contributed by atoms with Crippen LogP contribution in [0.4, 0.5) is 5.69 Å². The van der Waals surface area contributed by atoms with E-state index in [0.717, 1.165) is 29.5 Å². The smallest absolute Gasteiger partial charge is 0.260 e. The fraction of sp³-hybridized carbons (Fsp3) is 0.154. The molecule has 3 heterocycles. The van der Waals surface area contributed by atoms with Crippen molar-refractivity contribution in [1.29, 1.82) is 0 Å². The lowest BCUT2D eigenvalue weighted by atomic mass is 9.93. The molecular weight excluding hydrogens is 440 g/mol. The molecule has 1 saturated carbocycles. The highest BCUT2D eigenvalue weighted by Crippen LogP contribution is 2.48. The highest BCUT2D eigenvalue weighted by molar-refractivity contribution is 6.38. The molecule has 6 rings (SSSR count). The van der Waals surface area contributed by atoms with E-state index in [2.05, 4.69) is 10.3 Å². The number of nitrogens with one attached hydrogen (secondary N) is 1. The first-order valence-corrected chi connectivity index (χ1v) is 11.0. The van der Waals surface area contributed by atoms with Crippen LogP contribution >= 0.6 is 11.6 Å². The lowest BCUT2D eigenvalue weighted by Gasteiger charge is -2.14. The van der Waals surface area contributed by atoms with Gasteiger partial charge in [-0.3, -0.25) is 9.78 Å². The number of halogens is 1. The Balaban J connectivity index is 1.44. The fourth-order valence-corrected chi connectivity index (χ4v) is 4.72. The van der Waals surface area contributed by atoms with E-state index in [9.17, 15) is 15.0 Å². The second-order valence-corrected chi connectivity index (χ2v) is 8.98. The molecule has 0 spiro atoms. The monoisotopic (exact) mass is 458 g/mol. The maximum absolute atomic E-state index is 12.8. The van der Waals surface area contributed by atoms with Gasteiger partial charge in [-0.2, -0.15) is 0 Å². The number of carbonyl (C=O) groups excluding carboxylic acids is 1. The molecule has 7 heteroatoms. The molecule has 0 radical (unpaired) electrons. The lowest BCUT2D eigenvalue weighted by Crippen LogP contribution is -2.11. The van der Waals surface area contributed by atoms with Crippen molar-refractivity contribution in [3.05, 3.63) is 82.7 Å². The molecule has 1 aliphatic carbocycles. The summed E-state index contributed by atoms with van der Waals surface area (Å²) in [7, 11) is 0. The van der Waals surface area contributed by atoms with Crippen molar-refractivity contribution < 1.29 is 19.4 Å². The van der Waals surface area contributed by atoms with Gasteiger partial charge in [0.05, 0.1) is 22.9 Å². The molecule has 4 aromatic rings. The van der Waals surface area contributed by atoms with E-state index < -0.39 is 5.91 Å². The number of aromatic nitrogens is 1. The second-order valence-electron chi connectivity index (χ2n) is 8.57. The minimum Gasteiger partial charge on any atom is -0.504 e. The Hall–Kier alpha value is -3.61. The van der Waals surface area contributed by atoms with Gasteiger partial charge in [-0.15, -0.1) is 0 Å². The summed E-state index contributed by atoms with van der Waals surface area (Å²) in [6.07, 6.45) is 3.61. The zero-order valence-electron chi connectivity index (χ0n) is 17.4. The summed E-state index contributed by atoms with van der Waals surface area (Å²) in [6, 6.07) is 16.5. The Morgan fingerprint density at radius 2 is 1.91 bits per heavy atom. The first-order valence-electron chi connectivity index (χ1n) is 10.6. The van der Waals surface area contributed by atoms with Gasteiger partial charge in [0.25, 0.3) is 5.91 Å². The average Bonchev–Trinajstić information content (AvgIpc) is 3.40. The van der Waals surface area contributed by atoms with E-state index in [4.69, 9.17) is 16.0 Å². The summed E-state index contributed by atoms with van der Waals surface area (Å²) in [5, 5.41) is 23.9. The number of anilines is 1. The zero-order valence-corrected chi connectivity index (χ0v) is 18.2. The molecule has 1 amide bonds. The van der Waals surface area contributed by atoms with Crippen LogP contribution in [-0.4, -0.2) is 27.7 Å². The van der Waals surface area contributed by atoms with Crippen LogP contribution in [0, 0.1) is 0 Å². The van der Waals surface area contributed by atoms with Crippen molar-refractivity contribution in [2.24, 2.45) is 0 Å². The van der Waals surface area contributed by atoms with E-state index >= 15 is 0 Å². The molecule has 0 saturated heterocycles. The largest absolute Gasteiger partial charge is 0.504 e. The van der Waals surface area contributed by atoms with E-state index in [0.29, 0.717) is 27.4 Å².